The van der Waals surface area contributed by atoms with Crippen molar-refractivity contribution in [2.45, 2.75) is 57.7 Å². The van der Waals surface area contributed by atoms with Crippen molar-refractivity contribution in [3.05, 3.63) is 29.3 Å². The van der Waals surface area contributed by atoms with Crippen molar-refractivity contribution >= 4 is 11.8 Å². The zero-order chi connectivity index (χ0) is 18.4. The molecule has 1 N–H and O–H groups in total. The van der Waals surface area contributed by atoms with E-state index in [0.29, 0.717) is 43.4 Å². The number of fused-ring (bicyclic) bond motifs is 1. The minimum Gasteiger partial charge on any atom is -0.449 e. The Morgan fingerprint density at radius 1 is 1.32 bits per heavy atom. The molecule has 0 saturated carbocycles. The zero-order valence-electron chi connectivity index (χ0n) is 14.3. The fraction of sp³-hybridized carbons (Fsp3) is 0.611. The van der Waals surface area contributed by atoms with Gasteiger partial charge in [0.2, 0.25) is 0 Å². The van der Waals surface area contributed by atoms with E-state index >= 15 is 0 Å². The van der Waals surface area contributed by atoms with Crippen LogP contribution in [0.5, 0.6) is 0 Å². The number of carbonyl (C=O) groups is 1. The Morgan fingerprint density at radius 2 is 2.08 bits per heavy atom. The van der Waals surface area contributed by atoms with Gasteiger partial charge in [-0.1, -0.05) is 6.92 Å². The smallest absolute Gasteiger partial charge is 0.416 e. The van der Waals surface area contributed by atoms with Gasteiger partial charge in [0.05, 0.1) is 17.9 Å². The van der Waals surface area contributed by atoms with Crippen LogP contribution in [0.3, 0.4) is 0 Å². The van der Waals surface area contributed by atoms with Crippen molar-refractivity contribution in [3.63, 3.8) is 0 Å². The van der Waals surface area contributed by atoms with Gasteiger partial charge in [-0.15, -0.1) is 0 Å². The first-order chi connectivity index (χ1) is 11.9. The van der Waals surface area contributed by atoms with Crippen LogP contribution in [0.15, 0.2) is 18.2 Å². The third-order valence-electron chi connectivity index (χ3n) is 4.47. The van der Waals surface area contributed by atoms with E-state index in [4.69, 9.17) is 9.84 Å². The van der Waals surface area contributed by atoms with Gasteiger partial charge in [-0.05, 0) is 62.3 Å². The predicted molar refractivity (Wildman–Crippen MR) is 88.6 cm³/mol. The maximum Gasteiger partial charge on any atom is 0.416 e. The SMILES string of the molecule is CCC1CCc2cc(C(F)(F)F)ccc2N1C(=O)OCCCCCO. The standard InChI is InChI=1S/C18H24F3NO3/c1-2-15-8-6-13-12-14(18(19,20)21)7-9-16(13)22(15)17(24)25-11-5-3-4-10-23/h7,9,12,15,23H,2-6,8,10-11H2,1H3. The van der Waals surface area contributed by atoms with Crippen molar-refractivity contribution in [2.75, 3.05) is 18.1 Å². The van der Waals surface area contributed by atoms with Gasteiger partial charge in [0.1, 0.15) is 0 Å². The van der Waals surface area contributed by atoms with E-state index < -0.39 is 17.8 Å². The lowest BCUT2D eigenvalue weighted by Gasteiger charge is -2.36. The molecule has 1 atom stereocenters. The monoisotopic (exact) mass is 359 g/mol. The van der Waals surface area contributed by atoms with Crippen LogP contribution in [0, 0.1) is 0 Å². The minimum atomic E-state index is -4.39. The molecule has 7 heteroatoms. The fourth-order valence-electron chi connectivity index (χ4n) is 3.10. The summed E-state index contributed by atoms with van der Waals surface area (Å²) in [7, 11) is 0. The fourth-order valence-corrected chi connectivity index (χ4v) is 3.10. The van der Waals surface area contributed by atoms with Crippen LogP contribution in [-0.4, -0.2) is 30.5 Å². The number of rotatable bonds is 6. The van der Waals surface area contributed by atoms with Gasteiger partial charge < -0.3 is 9.84 Å². The molecule has 0 saturated heterocycles. The molecule has 140 valence electrons. The van der Waals surface area contributed by atoms with E-state index in [9.17, 15) is 18.0 Å². The minimum absolute atomic E-state index is 0.0748. The summed E-state index contributed by atoms with van der Waals surface area (Å²) in [5.74, 6) is 0. The van der Waals surface area contributed by atoms with Crippen LogP contribution < -0.4 is 4.90 Å². The number of alkyl halides is 3. The molecule has 1 aromatic rings. The van der Waals surface area contributed by atoms with E-state index in [1.165, 1.54) is 11.0 Å². The normalized spacial score (nSPS) is 17.3. The van der Waals surface area contributed by atoms with Crippen molar-refractivity contribution in [1.29, 1.82) is 0 Å². The Hall–Kier alpha value is -1.76. The quantitative estimate of drug-likeness (QED) is 0.759. The second-order valence-electron chi connectivity index (χ2n) is 6.21. The Morgan fingerprint density at radius 3 is 2.72 bits per heavy atom. The highest BCUT2D eigenvalue weighted by Gasteiger charge is 2.35. The third-order valence-corrected chi connectivity index (χ3v) is 4.47. The van der Waals surface area contributed by atoms with Crippen molar-refractivity contribution < 1.29 is 27.8 Å². The summed E-state index contributed by atoms with van der Waals surface area (Å²) in [6.45, 7) is 2.29. The number of anilines is 1. The van der Waals surface area contributed by atoms with E-state index in [1.807, 2.05) is 6.92 Å². The molecule has 0 fully saturated rings. The predicted octanol–water partition coefficient (Wildman–Crippen LogP) is 4.54. The van der Waals surface area contributed by atoms with E-state index in [-0.39, 0.29) is 19.3 Å². The van der Waals surface area contributed by atoms with E-state index in [2.05, 4.69) is 0 Å². The van der Waals surface area contributed by atoms with E-state index in [0.717, 1.165) is 18.6 Å². The van der Waals surface area contributed by atoms with Crippen LogP contribution in [0.25, 0.3) is 0 Å². The third kappa shape index (κ3) is 4.87. The number of ether oxygens (including phenoxy) is 1. The largest absolute Gasteiger partial charge is 0.449 e. The molecule has 4 nitrogen and oxygen atoms in total. The van der Waals surface area contributed by atoms with Crippen LogP contribution >= 0.6 is 0 Å². The van der Waals surface area contributed by atoms with Gasteiger partial charge in [-0.3, -0.25) is 4.90 Å². The summed E-state index contributed by atoms with van der Waals surface area (Å²) >= 11 is 0. The van der Waals surface area contributed by atoms with Gasteiger partial charge in [0.15, 0.2) is 0 Å². The number of aliphatic hydroxyl groups is 1. The first-order valence-corrected chi connectivity index (χ1v) is 8.65. The molecule has 0 aromatic heterocycles. The lowest BCUT2D eigenvalue weighted by molar-refractivity contribution is -0.137. The number of hydrogen-bond donors (Lipinski definition) is 1. The zero-order valence-corrected chi connectivity index (χ0v) is 14.3. The highest BCUT2D eigenvalue weighted by molar-refractivity contribution is 5.90. The highest BCUT2D eigenvalue weighted by Crippen LogP contribution is 2.37. The number of unbranched alkanes of at least 4 members (excludes halogenated alkanes) is 2. The summed E-state index contributed by atoms with van der Waals surface area (Å²) in [6.07, 6.45) is -1.01. The average molecular weight is 359 g/mol. The molecule has 0 aliphatic carbocycles. The molecule has 1 amide bonds. The molecule has 1 aromatic carbocycles. The van der Waals surface area contributed by atoms with Crippen LogP contribution in [0.2, 0.25) is 0 Å². The Labute approximate surface area is 145 Å². The second-order valence-corrected chi connectivity index (χ2v) is 6.21. The molecule has 0 radical (unpaired) electrons. The summed E-state index contributed by atoms with van der Waals surface area (Å²) in [5.41, 5.74) is 0.335. The molecule has 1 heterocycles. The maximum absolute atomic E-state index is 12.9. The molecule has 0 spiro atoms. The van der Waals surface area contributed by atoms with Gasteiger partial charge in [-0.25, -0.2) is 4.79 Å². The Balaban J connectivity index is 2.14. The van der Waals surface area contributed by atoms with Crippen LogP contribution in [0.4, 0.5) is 23.7 Å². The number of amides is 1. The number of carbonyl (C=O) groups excluding carboxylic acids is 1. The molecule has 1 aliphatic heterocycles. The van der Waals surface area contributed by atoms with Gasteiger partial charge in [0.25, 0.3) is 0 Å². The summed E-state index contributed by atoms with van der Waals surface area (Å²) < 4.78 is 44.0. The molecular formula is C18H24F3NO3. The first kappa shape index (κ1) is 19.6. The Kier molecular flexibility index (Phi) is 6.70. The van der Waals surface area contributed by atoms with E-state index in [1.54, 1.807) is 0 Å². The highest BCUT2D eigenvalue weighted by atomic mass is 19.4. The van der Waals surface area contributed by atoms with Crippen LogP contribution in [0.1, 0.15) is 50.2 Å². The maximum atomic E-state index is 12.9. The Bertz CT molecular complexity index is 589. The van der Waals surface area contributed by atoms with Gasteiger partial charge >= 0.3 is 12.3 Å². The lowest BCUT2D eigenvalue weighted by atomic mass is 9.93. The number of benzene rings is 1. The average Bonchev–Trinajstić information content (AvgIpc) is 2.59. The number of nitrogens with zero attached hydrogens (tertiary/aromatic N) is 1. The molecular weight excluding hydrogens is 335 g/mol. The molecule has 1 unspecified atom stereocenters. The van der Waals surface area contributed by atoms with Crippen molar-refractivity contribution in [3.8, 4) is 0 Å². The van der Waals surface area contributed by atoms with Crippen molar-refractivity contribution in [1.82, 2.24) is 0 Å². The van der Waals surface area contributed by atoms with Crippen molar-refractivity contribution in [2.24, 2.45) is 0 Å². The number of aliphatic hydroxyl groups excluding tert-OH is 1. The molecule has 0 bridgehead atoms. The summed E-state index contributed by atoms with van der Waals surface area (Å²) in [5, 5.41) is 8.74. The molecule has 1 aliphatic rings. The molecule has 2 rings (SSSR count). The molecule has 25 heavy (non-hydrogen) atoms. The number of aryl methyl sites for hydroxylation is 1. The number of hydrogen-bond acceptors (Lipinski definition) is 3. The lowest BCUT2D eigenvalue weighted by Crippen LogP contribution is -2.44. The number of halogens is 3. The summed E-state index contributed by atoms with van der Waals surface area (Å²) in [6, 6.07) is 3.43. The second kappa shape index (κ2) is 8.56. The van der Waals surface area contributed by atoms with Gasteiger partial charge in [-0.2, -0.15) is 13.2 Å². The summed E-state index contributed by atoms with van der Waals surface area (Å²) in [4.78, 5) is 14.0. The topological polar surface area (TPSA) is 49.8 Å². The van der Waals surface area contributed by atoms with Crippen LogP contribution in [-0.2, 0) is 17.3 Å². The first-order valence-electron chi connectivity index (χ1n) is 8.65. The van der Waals surface area contributed by atoms with Gasteiger partial charge in [0, 0.05) is 12.6 Å².